The summed E-state index contributed by atoms with van der Waals surface area (Å²) in [6.45, 7) is 9.90. The monoisotopic (exact) mass is 157 g/mol. The molecular weight excluding hydrogens is 139 g/mol. The normalized spacial score (nSPS) is 11.1. The van der Waals surface area contributed by atoms with Gasteiger partial charge in [0.25, 0.3) is 0 Å². The van der Waals surface area contributed by atoms with Crippen molar-refractivity contribution in [3.05, 3.63) is 0 Å². The first-order valence-corrected chi connectivity index (χ1v) is 4.17. The van der Waals surface area contributed by atoms with Gasteiger partial charge in [-0.1, -0.05) is 27.7 Å². The summed E-state index contributed by atoms with van der Waals surface area (Å²) in [4.78, 5) is 0. The Bertz CT molecular complexity index is 74.2. The summed E-state index contributed by atoms with van der Waals surface area (Å²) >= 11 is 0. The maximum Gasteiger partial charge on any atom is 0.488 e. The standard InChI is InChI=1S/C8H18BO2/c1-7(2)5-10-9-11-6-8(3)4/h7-8H,5-6H2,1-4H3. The molecular formula is C8H18BO2. The fourth-order valence-electron chi connectivity index (χ4n) is 0.512. The highest BCUT2D eigenvalue weighted by Gasteiger charge is 1.98. The molecule has 0 aromatic carbocycles. The molecule has 0 rings (SSSR count). The van der Waals surface area contributed by atoms with Crippen LogP contribution in [0.4, 0.5) is 0 Å². The van der Waals surface area contributed by atoms with Crippen molar-refractivity contribution in [2.75, 3.05) is 13.2 Å². The molecule has 0 aliphatic carbocycles. The van der Waals surface area contributed by atoms with Gasteiger partial charge < -0.3 is 9.31 Å². The van der Waals surface area contributed by atoms with Gasteiger partial charge in [0.2, 0.25) is 0 Å². The van der Waals surface area contributed by atoms with Crippen LogP contribution < -0.4 is 0 Å². The Hall–Kier alpha value is -0.0151. The van der Waals surface area contributed by atoms with Gasteiger partial charge in [0, 0.05) is 13.2 Å². The van der Waals surface area contributed by atoms with E-state index in [0.29, 0.717) is 11.8 Å². The van der Waals surface area contributed by atoms with Crippen molar-refractivity contribution in [1.82, 2.24) is 0 Å². The average Bonchev–Trinajstić information content (AvgIpc) is 1.85. The van der Waals surface area contributed by atoms with E-state index < -0.39 is 0 Å². The molecule has 0 spiro atoms. The van der Waals surface area contributed by atoms with E-state index in [9.17, 15) is 0 Å². The lowest BCUT2D eigenvalue weighted by molar-refractivity contribution is 0.185. The molecule has 0 atom stereocenters. The average molecular weight is 157 g/mol. The van der Waals surface area contributed by atoms with Gasteiger partial charge >= 0.3 is 7.69 Å². The summed E-state index contributed by atoms with van der Waals surface area (Å²) in [6.07, 6.45) is 0. The van der Waals surface area contributed by atoms with Gasteiger partial charge in [0.05, 0.1) is 0 Å². The Morgan fingerprint density at radius 2 is 1.27 bits per heavy atom. The molecule has 0 aliphatic rings. The van der Waals surface area contributed by atoms with Crippen molar-refractivity contribution in [2.45, 2.75) is 27.7 Å². The predicted molar refractivity (Wildman–Crippen MR) is 47.3 cm³/mol. The second kappa shape index (κ2) is 6.68. The van der Waals surface area contributed by atoms with Crippen molar-refractivity contribution < 1.29 is 9.31 Å². The maximum absolute atomic E-state index is 5.10. The molecule has 2 nitrogen and oxygen atoms in total. The van der Waals surface area contributed by atoms with Crippen LogP contribution in [0.5, 0.6) is 0 Å². The number of hydrogen-bond acceptors (Lipinski definition) is 2. The fraction of sp³-hybridized carbons (Fsp3) is 1.00. The lowest BCUT2D eigenvalue weighted by Gasteiger charge is -2.07. The summed E-state index contributed by atoms with van der Waals surface area (Å²) in [7, 11) is 1.44. The second-order valence-electron chi connectivity index (χ2n) is 3.55. The first kappa shape index (κ1) is 11.0. The summed E-state index contributed by atoms with van der Waals surface area (Å²) in [6, 6.07) is 0. The Labute approximate surface area is 70.6 Å². The molecule has 0 amide bonds. The third kappa shape index (κ3) is 9.98. The Morgan fingerprint density at radius 3 is 1.55 bits per heavy atom. The van der Waals surface area contributed by atoms with Crippen molar-refractivity contribution in [2.24, 2.45) is 11.8 Å². The number of hydrogen-bond donors (Lipinski definition) is 0. The Kier molecular flexibility index (Phi) is 6.67. The van der Waals surface area contributed by atoms with Gasteiger partial charge in [0.1, 0.15) is 0 Å². The van der Waals surface area contributed by atoms with Crippen LogP contribution >= 0.6 is 0 Å². The van der Waals surface area contributed by atoms with Crippen molar-refractivity contribution in [3.8, 4) is 0 Å². The Balaban J connectivity index is 2.91. The van der Waals surface area contributed by atoms with Gasteiger partial charge in [-0.15, -0.1) is 0 Å². The predicted octanol–water partition coefficient (Wildman–Crippen LogP) is 1.87. The highest BCUT2D eigenvalue weighted by atomic mass is 16.6. The molecule has 3 heteroatoms. The van der Waals surface area contributed by atoms with Gasteiger partial charge in [-0.2, -0.15) is 0 Å². The zero-order valence-corrected chi connectivity index (χ0v) is 7.96. The van der Waals surface area contributed by atoms with E-state index in [0.717, 1.165) is 13.2 Å². The maximum atomic E-state index is 5.10. The Morgan fingerprint density at radius 1 is 0.909 bits per heavy atom. The minimum Gasteiger partial charge on any atom is -0.413 e. The van der Waals surface area contributed by atoms with E-state index >= 15 is 0 Å². The molecule has 0 saturated heterocycles. The lowest BCUT2D eigenvalue weighted by Crippen LogP contribution is -2.12. The van der Waals surface area contributed by atoms with Gasteiger partial charge in [-0.05, 0) is 11.8 Å². The first-order valence-electron chi connectivity index (χ1n) is 4.17. The minimum atomic E-state index is 0.564. The molecule has 1 radical (unpaired) electrons. The zero-order valence-electron chi connectivity index (χ0n) is 7.96. The van der Waals surface area contributed by atoms with E-state index in [1.807, 2.05) is 0 Å². The van der Waals surface area contributed by atoms with Gasteiger partial charge in [0.15, 0.2) is 0 Å². The van der Waals surface area contributed by atoms with Crippen LogP contribution in [-0.2, 0) is 9.31 Å². The summed E-state index contributed by atoms with van der Waals surface area (Å²) < 4.78 is 10.2. The van der Waals surface area contributed by atoms with Crippen molar-refractivity contribution in [1.29, 1.82) is 0 Å². The van der Waals surface area contributed by atoms with Crippen LogP contribution in [0.25, 0.3) is 0 Å². The first-order chi connectivity index (χ1) is 5.13. The quantitative estimate of drug-likeness (QED) is 0.432. The van der Waals surface area contributed by atoms with Crippen LogP contribution in [0, 0.1) is 11.8 Å². The van der Waals surface area contributed by atoms with Crippen LogP contribution in [0.3, 0.4) is 0 Å². The largest absolute Gasteiger partial charge is 0.488 e. The third-order valence-electron chi connectivity index (χ3n) is 0.995. The lowest BCUT2D eigenvalue weighted by atomic mass is 10.2. The molecule has 0 aromatic heterocycles. The third-order valence-corrected chi connectivity index (χ3v) is 0.995. The van der Waals surface area contributed by atoms with Gasteiger partial charge in [-0.3, -0.25) is 0 Å². The molecule has 0 fully saturated rings. The van der Waals surface area contributed by atoms with E-state index in [2.05, 4.69) is 27.7 Å². The molecule has 0 aromatic rings. The molecule has 65 valence electrons. The van der Waals surface area contributed by atoms with E-state index in [4.69, 9.17) is 9.31 Å². The fourth-order valence-corrected chi connectivity index (χ4v) is 0.512. The topological polar surface area (TPSA) is 18.5 Å². The molecule has 0 heterocycles. The van der Waals surface area contributed by atoms with Crippen LogP contribution in [0.1, 0.15) is 27.7 Å². The minimum absolute atomic E-state index is 0.564. The summed E-state index contributed by atoms with van der Waals surface area (Å²) in [5, 5.41) is 0. The zero-order chi connectivity index (χ0) is 8.69. The van der Waals surface area contributed by atoms with E-state index in [-0.39, 0.29) is 0 Å². The SMILES string of the molecule is CC(C)CO[B]OCC(C)C. The van der Waals surface area contributed by atoms with Crippen molar-refractivity contribution in [3.63, 3.8) is 0 Å². The summed E-state index contributed by atoms with van der Waals surface area (Å²) in [5.74, 6) is 1.13. The smallest absolute Gasteiger partial charge is 0.413 e. The van der Waals surface area contributed by atoms with Crippen molar-refractivity contribution >= 4 is 7.69 Å². The molecule has 0 unspecified atom stereocenters. The van der Waals surface area contributed by atoms with E-state index in [1.54, 1.807) is 0 Å². The van der Waals surface area contributed by atoms with E-state index in [1.165, 1.54) is 7.69 Å². The second-order valence-corrected chi connectivity index (χ2v) is 3.55. The van der Waals surface area contributed by atoms with Gasteiger partial charge in [-0.25, -0.2) is 0 Å². The molecule has 0 saturated carbocycles. The summed E-state index contributed by atoms with van der Waals surface area (Å²) in [5.41, 5.74) is 0. The van der Waals surface area contributed by atoms with Crippen LogP contribution in [0.2, 0.25) is 0 Å². The molecule has 0 N–H and O–H groups in total. The molecule has 0 bridgehead atoms. The molecule has 0 aliphatic heterocycles. The highest BCUT2D eigenvalue weighted by Crippen LogP contribution is 1.93. The van der Waals surface area contributed by atoms with Crippen LogP contribution in [0.15, 0.2) is 0 Å². The van der Waals surface area contributed by atoms with Crippen LogP contribution in [-0.4, -0.2) is 20.9 Å². The molecule has 11 heavy (non-hydrogen) atoms. The highest BCUT2D eigenvalue weighted by molar-refractivity contribution is 6.17. The number of rotatable bonds is 6.